The number of rotatable bonds is 18. The molecule has 0 amide bonds. The molecule has 0 nitrogen and oxygen atoms in total. The third-order valence-corrected chi connectivity index (χ3v) is 6.10. The molecule has 133 valence electrons. The zero-order valence-electron chi connectivity index (χ0n) is 15.7. The van der Waals surface area contributed by atoms with Gasteiger partial charge in [0.05, 0.1) is 0 Å². The standard InChI is InChI=1S/C21H43S/c1-4-7-8-9-10-11-12-13-14-15-16-17-18-19-21(6-3)22-20-5-2/h21H,3-20H2,1-2H3. The summed E-state index contributed by atoms with van der Waals surface area (Å²) in [4.78, 5) is 0. The molecule has 0 aliphatic carbocycles. The summed E-state index contributed by atoms with van der Waals surface area (Å²) in [6.45, 7) is 8.67. The third-order valence-electron chi connectivity index (χ3n) is 4.51. The minimum Gasteiger partial charge on any atom is -0.159 e. The summed E-state index contributed by atoms with van der Waals surface area (Å²) in [6, 6.07) is 0. The molecule has 0 bridgehead atoms. The van der Waals surface area contributed by atoms with E-state index in [1.807, 2.05) is 0 Å². The van der Waals surface area contributed by atoms with Crippen LogP contribution in [0.2, 0.25) is 0 Å². The van der Waals surface area contributed by atoms with Crippen molar-refractivity contribution in [3.05, 3.63) is 6.92 Å². The van der Waals surface area contributed by atoms with Gasteiger partial charge in [-0.15, -0.1) is 0 Å². The van der Waals surface area contributed by atoms with Crippen LogP contribution in [0.25, 0.3) is 0 Å². The first-order chi connectivity index (χ1) is 10.8. The Labute approximate surface area is 146 Å². The van der Waals surface area contributed by atoms with Crippen molar-refractivity contribution in [3.8, 4) is 0 Å². The lowest BCUT2D eigenvalue weighted by molar-refractivity contribution is 0.534. The van der Waals surface area contributed by atoms with Crippen LogP contribution in [0.5, 0.6) is 0 Å². The fourth-order valence-corrected chi connectivity index (χ4v) is 4.05. The van der Waals surface area contributed by atoms with Crippen LogP contribution in [0.15, 0.2) is 0 Å². The summed E-state index contributed by atoms with van der Waals surface area (Å²) < 4.78 is 0. The normalized spacial score (nSPS) is 12.7. The van der Waals surface area contributed by atoms with Crippen LogP contribution in [0.1, 0.15) is 117 Å². The van der Waals surface area contributed by atoms with E-state index in [0.29, 0.717) is 0 Å². The summed E-state index contributed by atoms with van der Waals surface area (Å²) in [5, 5.41) is 0.827. The minimum absolute atomic E-state index is 0.827. The fourth-order valence-electron chi connectivity index (χ4n) is 2.99. The lowest BCUT2D eigenvalue weighted by atomic mass is 10.0. The van der Waals surface area contributed by atoms with E-state index in [1.54, 1.807) is 0 Å². The van der Waals surface area contributed by atoms with E-state index in [2.05, 4.69) is 32.5 Å². The number of hydrogen-bond acceptors (Lipinski definition) is 1. The van der Waals surface area contributed by atoms with Crippen LogP contribution >= 0.6 is 11.8 Å². The minimum atomic E-state index is 0.827. The van der Waals surface area contributed by atoms with Gasteiger partial charge in [-0.25, -0.2) is 0 Å². The second kappa shape index (κ2) is 19.4. The second-order valence-electron chi connectivity index (χ2n) is 6.81. The molecular weight excluding hydrogens is 284 g/mol. The SMILES string of the molecule is [CH2]CC(CCCCCCCCCCCCCCC)SCCC. The first-order valence-corrected chi connectivity index (χ1v) is 11.3. The third kappa shape index (κ3) is 16.7. The van der Waals surface area contributed by atoms with Gasteiger partial charge >= 0.3 is 0 Å². The number of thioether (sulfide) groups is 1. The average Bonchev–Trinajstić information content (AvgIpc) is 2.54. The van der Waals surface area contributed by atoms with Crippen molar-refractivity contribution in [2.75, 3.05) is 5.75 Å². The largest absolute Gasteiger partial charge is 0.159 e. The molecule has 0 aromatic heterocycles. The van der Waals surface area contributed by atoms with Crippen LogP contribution in [0.4, 0.5) is 0 Å². The quantitative estimate of drug-likeness (QED) is 0.229. The number of hydrogen-bond donors (Lipinski definition) is 0. The zero-order chi connectivity index (χ0) is 16.3. The summed E-state index contributed by atoms with van der Waals surface area (Å²) >= 11 is 2.14. The van der Waals surface area contributed by atoms with Gasteiger partial charge in [0.2, 0.25) is 0 Å². The highest BCUT2D eigenvalue weighted by Crippen LogP contribution is 2.22. The van der Waals surface area contributed by atoms with Gasteiger partial charge in [0.25, 0.3) is 0 Å². The predicted octanol–water partition coefficient (Wildman–Crippen LogP) is 8.20. The van der Waals surface area contributed by atoms with Crippen molar-refractivity contribution in [2.45, 2.75) is 122 Å². The van der Waals surface area contributed by atoms with Gasteiger partial charge in [0.1, 0.15) is 0 Å². The van der Waals surface area contributed by atoms with Crippen molar-refractivity contribution in [1.82, 2.24) is 0 Å². The Hall–Kier alpha value is 0.350. The summed E-state index contributed by atoms with van der Waals surface area (Å²) in [7, 11) is 0. The Bertz CT molecular complexity index is 190. The molecule has 0 fully saturated rings. The summed E-state index contributed by atoms with van der Waals surface area (Å²) in [5.74, 6) is 1.32. The molecule has 0 N–H and O–H groups in total. The van der Waals surface area contributed by atoms with E-state index < -0.39 is 0 Å². The van der Waals surface area contributed by atoms with E-state index in [1.165, 1.54) is 102 Å². The van der Waals surface area contributed by atoms with Crippen molar-refractivity contribution in [2.24, 2.45) is 0 Å². The molecule has 1 unspecified atom stereocenters. The van der Waals surface area contributed by atoms with E-state index >= 15 is 0 Å². The van der Waals surface area contributed by atoms with Gasteiger partial charge in [-0.05, 0) is 25.0 Å². The molecular formula is C21H43S. The van der Waals surface area contributed by atoms with Gasteiger partial charge < -0.3 is 0 Å². The van der Waals surface area contributed by atoms with Crippen molar-refractivity contribution < 1.29 is 0 Å². The van der Waals surface area contributed by atoms with Crippen LogP contribution in [-0.2, 0) is 0 Å². The van der Waals surface area contributed by atoms with E-state index in [-0.39, 0.29) is 0 Å². The highest BCUT2D eigenvalue weighted by molar-refractivity contribution is 7.99. The molecule has 0 saturated heterocycles. The van der Waals surface area contributed by atoms with Gasteiger partial charge in [0.15, 0.2) is 0 Å². The Morgan fingerprint density at radius 1 is 0.636 bits per heavy atom. The summed E-state index contributed by atoms with van der Waals surface area (Å²) in [5.41, 5.74) is 0. The molecule has 0 aromatic carbocycles. The first kappa shape index (κ1) is 22.4. The molecule has 0 aliphatic heterocycles. The smallest absolute Gasteiger partial charge is 0.00470 e. The lowest BCUT2D eigenvalue weighted by Gasteiger charge is -2.13. The van der Waals surface area contributed by atoms with Crippen LogP contribution in [0.3, 0.4) is 0 Å². The maximum atomic E-state index is 4.10. The van der Waals surface area contributed by atoms with Crippen LogP contribution < -0.4 is 0 Å². The molecule has 1 radical (unpaired) electrons. The number of unbranched alkanes of at least 4 members (excludes halogenated alkanes) is 12. The predicted molar refractivity (Wildman–Crippen MR) is 107 cm³/mol. The molecule has 0 aliphatic rings. The van der Waals surface area contributed by atoms with Crippen molar-refractivity contribution >= 4 is 11.8 Å². The fraction of sp³-hybridized carbons (Fsp3) is 0.952. The zero-order valence-corrected chi connectivity index (χ0v) is 16.5. The molecule has 0 aromatic rings. The van der Waals surface area contributed by atoms with Gasteiger partial charge in [-0.3, -0.25) is 0 Å². The molecule has 0 rings (SSSR count). The first-order valence-electron chi connectivity index (χ1n) is 10.3. The highest BCUT2D eigenvalue weighted by atomic mass is 32.2. The maximum Gasteiger partial charge on any atom is 0.00470 e. The maximum absolute atomic E-state index is 4.10. The molecule has 1 heteroatoms. The Kier molecular flexibility index (Phi) is 19.7. The average molecular weight is 328 g/mol. The topological polar surface area (TPSA) is 0 Å². The summed E-state index contributed by atoms with van der Waals surface area (Å²) in [6.07, 6.45) is 22.7. The molecule has 0 saturated carbocycles. The highest BCUT2D eigenvalue weighted by Gasteiger charge is 2.05. The monoisotopic (exact) mass is 327 g/mol. The Morgan fingerprint density at radius 3 is 1.50 bits per heavy atom. The van der Waals surface area contributed by atoms with E-state index in [0.717, 1.165) is 11.7 Å². The van der Waals surface area contributed by atoms with Gasteiger partial charge in [-0.2, -0.15) is 11.8 Å². The second-order valence-corrected chi connectivity index (χ2v) is 8.22. The lowest BCUT2D eigenvalue weighted by Crippen LogP contribution is -2.01. The van der Waals surface area contributed by atoms with E-state index in [4.69, 9.17) is 0 Å². The van der Waals surface area contributed by atoms with Crippen LogP contribution in [-0.4, -0.2) is 11.0 Å². The Balaban J connectivity index is 3.13. The molecule has 1 atom stereocenters. The van der Waals surface area contributed by atoms with Crippen molar-refractivity contribution in [1.29, 1.82) is 0 Å². The van der Waals surface area contributed by atoms with Gasteiger partial charge in [0, 0.05) is 5.25 Å². The van der Waals surface area contributed by atoms with Crippen LogP contribution in [0, 0.1) is 6.92 Å². The molecule has 0 spiro atoms. The molecule has 0 heterocycles. The van der Waals surface area contributed by atoms with E-state index in [9.17, 15) is 0 Å². The Morgan fingerprint density at radius 2 is 1.09 bits per heavy atom. The molecule has 22 heavy (non-hydrogen) atoms. The van der Waals surface area contributed by atoms with Crippen molar-refractivity contribution in [3.63, 3.8) is 0 Å². The van der Waals surface area contributed by atoms with Gasteiger partial charge in [-0.1, -0.05) is 104 Å².